The molecule has 148 valence electrons. The number of H-pyrrole nitrogens is 1. The Morgan fingerprint density at radius 2 is 2.11 bits per heavy atom. The van der Waals surface area contributed by atoms with E-state index in [0.29, 0.717) is 23.5 Å². The molecule has 0 amide bonds. The molecule has 28 heavy (non-hydrogen) atoms. The Kier molecular flexibility index (Phi) is 5.20. The van der Waals surface area contributed by atoms with Gasteiger partial charge in [0.15, 0.2) is 5.52 Å². The summed E-state index contributed by atoms with van der Waals surface area (Å²) in [6.45, 7) is 4.63. The fraction of sp³-hybridized carbons (Fsp3) is 0.500. The largest absolute Gasteiger partial charge is 0.493 e. The van der Waals surface area contributed by atoms with Gasteiger partial charge in [0.1, 0.15) is 17.1 Å². The quantitative estimate of drug-likeness (QED) is 0.672. The van der Waals surface area contributed by atoms with Crippen molar-refractivity contribution in [3.8, 4) is 17.1 Å². The highest BCUT2D eigenvalue weighted by Crippen LogP contribution is 2.34. The average molecular weight is 380 g/mol. The molecule has 1 N–H and O–H groups in total. The van der Waals surface area contributed by atoms with Gasteiger partial charge < -0.3 is 9.72 Å². The lowest BCUT2D eigenvalue weighted by Crippen LogP contribution is -2.14. The van der Waals surface area contributed by atoms with Crippen molar-refractivity contribution in [2.45, 2.75) is 52.4 Å². The van der Waals surface area contributed by atoms with Crippen LogP contribution in [0.3, 0.4) is 0 Å². The van der Waals surface area contributed by atoms with E-state index in [1.165, 1.54) is 24.8 Å². The van der Waals surface area contributed by atoms with Crippen molar-refractivity contribution in [2.24, 2.45) is 13.0 Å². The standard InChI is InChI=1S/C22H28N4O2/c1-4-7-17-19-20(26(3)25-17)22(27)24-21(23-19)16-13-15(12-14-8-6-9-14)10-11-18(16)28-5-2/h10-11,13-14H,4-9,12H2,1-3H3,(H,23,24,27). The van der Waals surface area contributed by atoms with Crippen molar-refractivity contribution in [3.05, 3.63) is 39.8 Å². The fourth-order valence-electron chi connectivity index (χ4n) is 3.98. The van der Waals surface area contributed by atoms with Gasteiger partial charge in [-0.3, -0.25) is 9.48 Å². The lowest BCUT2D eigenvalue weighted by Gasteiger charge is -2.25. The van der Waals surface area contributed by atoms with E-state index in [1.807, 2.05) is 13.0 Å². The first-order valence-electron chi connectivity index (χ1n) is 10.3. The summed E-state index contributed by atoms with van der Waals surface area (Å²) in [6, 6.07) is 6.27. The van der Waals surface area contributed by atoms with Gasteiger partial charge in [-0.05, 0) is 43.4 Å². The highest BCUT2D eigenvalue weighted by molar-refractivity contribution is 5.79. The Balaban J connectivity index is 1.84. The second-order valence-corrected chi connectivity index (χ2v) is 7.70. The number of benzene rings is 1. The highest BCUT2D eigenvalue weighted by atomic mass is 16.5. The molecule has 0 spiro atoms. The van der Waals surface area contributed by atoms with Gasteiger partial charge in [0, 0.05) is 7.05 Å². The summed E-state index contributed by atoms with van der Waals surface area (Å²) in [5.74, 6) is 2.08. The van der Waals surface area contributed by atoms with Gasteiger partial charge in [-0.2, -0.15) is 5.10 Å². The first-order valence-corrected chi connectivity index (χ1v) is 10.3. The van der Waals surface area contributed by atoms with Crippen LogP contribution in [0.2, 0.25) is 0 Å². The maximum Gasteiger partial charge on any atom is 0.277 e. The van der Waals surface area contributed by atoms with Crippen molar-refractivity contribution < 1.29 is 4.74 Å². The third-order valence-electron chi connectivity index (χ3n) is 5.60. The summed E-state index contributed by atoms with van der Waals surface area (Å²) in [5.41, 5.74) is 4.04. The van der Waals surface area contributed by atoms with Crippen LogP contribution in [0.1, 0.15) is 50.8 Å². The van der Waals surface area contributed by atoms with Crippen molar-refractivity contribution in [2.75, 3.05) is 6.61 Å². The van der Waals surface area contributed by atoms with E-state index in [1.54, 1.807) is 11.7 Å². The zero-order chi connectivity index (χ0) is 19.7. The molecule has 1 aromatic carbocycles. The molecule has 0 unspecified atom stereocenters. The van der Waals surface area contributed by atoms with Gasteiger partial charge in [-0.25, -0.2) is 4.98 Å². The summed E-state index contributed by atoms with van der Waals surface area (Å²) in [7, 11) is 1.79. The lowest BCUT2D eigenvalue weighted by molar-refractivity contribution is 0.314. The molecule has 1 saturated carbocycles. The predicted molar refractivity (Wildman–Crippen MR) is 111 cm³/mol. The minimum Gasteiger partial charge on any atom is -0.493 e. The summed E-state index contributed by atoms with van der Waals surface area (Å²) in [5, 5.41) is 4.51. The van der Waals surface area contributed by atoms with E-state index in [4.69, 9.17) is 9.72 Å². The van der Waals surface area contributed by atoms with Crippen LogP contribution in [0.25, 0.3) is 22.4 Å². The van der Waals surface area contributed by atoms with E-state index in [2.05, 4.69) is 29.1 Å². The molecule has 2 heterocycles. The van der Waals surface area contributed by atoms with Gasteiger partial charge in [0.25, 0.3) is 5.56 Å². The number of nitrogens with one attached hydrogen (secondary N) is 1. The van der Waals surface area contributed by atoms with E-state index in [9.17, 15) is 4.79 Å². The van der Waals surface area contributed by atoms with Crippen LogP contribution < -0.4 is 10.3 Å². The number of aryl methyl sites for hydroxylation is 2. The third kappa shape index (κ3) is 3.43. The van der Waals surface area contributed by atoms with E-state index in [0.717, 1.165) is 42.2 Å². The molecule has 0 bridgehead atoms. The summed E-state index contributed by atoms with van der Waals surface area (Å²) >= 11 is 0. The molecular weight excluding hydrogens is 352 g/mol. The Hall–Kier alpha value is -2.63. The zero-order valence-electron chi connectivity index (χ0n) is 16.9. The van der Waals surface area contributed by atoms with Crippen LogP contribution in [-0.2, 0) is 19.9 Å². The molecule has 6 heteroatoms. The zero-order valence-corrected chi connectivity index (χ0v) is 16.9. The van der Waals surface area contributed by atoms with Crippen LogP contribution >= 0.6 is 0 Å². The average Bonchev–Trinajstić information content (AvgIpc) is 2.96. The summed E-state index contributed by atoms with van der Waals surface area (Å²) in [4.78, 5) is 20.6. The van der Waals surface area contributed by atoms with Gasteiger partial charge >= 0.3 is 0 Å². The van der Waals surface area contributed by atoms with Gasteiger partial charge in [0.2, 0.25) is 0 Å². The van der Waals surface area contributed by atoms with Crippen LogP contribution in [0.4, 0.5) is 0 Å². The molecule has 3 aromatic rings. The Morgan fingerprint density at radius 3 is 2.79 bits per heavy atom. The fourth-order valence-corrected chi connectivity index (χ4v) is 3.98. The van der Waals surface area contributed by atoms with Gasteiger partial charge in [-0.15, -0.1) is 0 Å². The molecule has 0 saturated heterocycles. The molecule has 6 nitrogen and oxygen atoms in total. The molecule has 0 aliphatic heterocycles. The van der Waals surface area contributed by atoms with E-state index < -0.39 is 0 Å². The molecular formula is C22H28N4O2. The Labute approximate surface area is 165 Å². The summed E-state index contributed by atoms with van der Waals surface area (Å²) < 4.78 is 7.48. The predicted octanol–water partition coefficient (Wildman–Crippen LogP) is 4.02. The van der Waals surface area contributed by atoms with Gasteiger partial charge in [0.05, 0.1) is 17.9 Å². The van der Waals surface area contributed by atoms with Crippen molar-refractivity contribution in [3.63, 3.8) is 0 Å². The number of hydrogen-bond acceptors (Lipinski definition) is 4. The molecule has 1 fully saturated rings. The minimum atomic E-state index is -0.163. The molecule has 1 aliphatic rings. The summed E-state index contributed by atoms with van der Waals surface area (Å²) in [6.07, 6.45) is 6.77. The smallest absolute Gasteiger partial charge is 0.277 e. The number of rotatable bonds is 7. The topological polar surface area (TPSA) is 72.8 Å². The van der Waals surface area contributed by atoms with Crippen molar-refractivity contribution >= 4 is 11.0 Å². The van der Waals surface area contributed by atoms with Gasteiger partial charge in [-0.1, -0.05) is 38.7 Å². The second kappa shape index (κ2) is 7.78. The highest BCUT2D eigenvalue weighted by Gasteiger charge is 2.20. The number of ether oxygens (including phenoxy) is 1. The number of hydrogen-bond donors (Lipinski definition) is 1. The maximum absolute atomic E-state index is 12.8. The minimum absolute atomic E-state index is 0.163. The molecule has 0 radical (unpaired) electrons. The van der Waals surface area contributed by atoms with E-state index >= 15 is 0 Å². The SMILES string of the molecule is CCCc1nn(C)c2c(=O)[nH]c(-c3cc(CC4CCC4)ccc3OCC)nc12. The lowest BCUT2D eigenvalue weighted by atomic mass is 9.81. The van der Waals surface area contributed by atoms with Crippen molar-refractivity contribution in [1.29, 1.82) is 0 Å². The van der Waals surface area contributed by atoms with Crippen molar-refractivity contribution in [1.82, 2.24) is 19.7 Å². The monoisotopic (exact) mass is 380 g/mol. The Bertz CT molecular complexity index is 1050. The third-order valence-corrected chi connectivity index (χ3v) is 5.60. The van der Waals surface area contributed by atoms with Crippen LogP contribution in [0.15, 0.2) is 23.0 Å². The number of aromatic amines is 1. The number of fused-ring (bicyclic) bond motifs is 1. The molecule has 4 rings (SSSR count). The first kappa shape index (κ1) is 18.7. The van der Waals surface area contributed by atoms with Crippen LogP contribution in [0, 0.1) is 5.92 Å². The first-order chi connectivity index (χ1) is 13.6. The molecule has 2 aromatic heterocycles. The normalized spacial score (nSPS) is 14.4. The number of aromatic nitrogens is 4. The second-order valence-electron chi connectivity index (χ2n) is 7.70. The van der Waals surface area contributed by atoms with Crippen LogP contribution in [-0.4, -0.2) is 26.4 Å². The maximum atomic E-state index is 12.8. The van der Waals surface area contributed by atoms with Crippen LogP contribution in [0.5, 0.6) is 5.75 Å². The molecule has 1 aliphatic carbocycles. The Morgan fingerprint density at radius 1 is 1.29 bits per heavy atom. The molecule has 0 atom stereocenters. The van der Waals surface area contributed by atoms with E-state index in [-0.39, 0.29) is 5.56 Å². The number of nitrogens with zero attached hydrogens (tertiary/aromatic N) is 3.